The predicted molar refractivity (Wildman–Crippen MR) is 94.5 cm³/mol. The predicted octanol–water partition coefficient (Wildman–Crippen LogP) is 5.21. The molecule has 1 amide bonds. The third-order valence-corrected chi connectivity index (χ3v) is 4.77. The number of carbonyl (C=O) groups excluding carboxylic acids is 1. The molecule has 3 rings (SSSR count). The van der Waals surface area contributed by atoms with Crippen LogP contribution in [0.1, 0.15) is 15.2 Å². The third kappa shape index (κ3) is 3.56. The maximum atomic E-state index is 13.0. The van der Waals surface area contributed by atoms with Crippen molar-refractivity contribution in [2.45, 2.75) is 6.92 Å². The van der Waals surface area contributed by atoms with Gasteiger partial charge in [-0.1, -0.05) is 23.2 Å². The lowest BCUT2D eigenvalue weighted by atomic mass is 10.1. The second-order valence-corrected chi connectivity index (χ2v) is 6.85. The van der Waals surface area contributed by atoms with Crippen LogP contribution in [0.2, 0.25) is 10.2 Å². The molecule has 1 aromatic carbocycles. The molecule has 0 unspecified atom stereocenters. The van der Waals surface area contributed by atoms with E-state index in [0.717, 1.165) is 10.4 Å². The summed E-state index contributed by atoms with van der Waals surface area (Å²) in [5, 5.41) is 3.47. The maximum absolute atomic E-state index is 13.0. The van der Waals surface area contributed by atoms with Crippen LogP contribution in [0.5, 0.6) is 0 Å². The van der Waals surface area contributed by atoms with E-state index in [-0.39, 0.29) is 27.5 Å². The first-order chi connectivity index (χ1) is 11.4. The summed E-state index contributed by atoms with van der Waals surface area (Å²) < 4.78 is 13.0. The average Bonchev–Trinajstić information content (AvgIpc) is 2.91. The van der Waals surface area contributed by atoms with E-state index in [2.05, 4.69) is 15.3 Å². The maximum Gasteiger partial charge on any atom is 0.259 e. The molecular weight excluding hydrogens is 372 g/mol. The number of nitrogens with zero attached hydrogens (tertiary/aromatic N) is 2. The van der Waals surface area contributed by atoms with E-state index in [4.69, 9.17) is 23.2 Å². The van der Waals surface area contributed by atoms with Crippen molar-refractivity contribution in [1.82, 2.24) is 9.97 Å². The zero-order valence-corrected chi connectivity index (χ0v) is 14.6. The zero-order valence-electron chi connectivity index (χ0n) is 12.3. The van der Waals surface area contributed by atoms with Crippen molar-refractivity contribution in [3.05, 3.63) is 63.0 Å². The Labute approximate surface area is 151 Å². The van der Waals surface area contributed by atoms with Crippen molar-refractivity contribution >= 4 is 45.6 Å². The SMILES string of the molecule is Cc1sc(NC(=O)c2cnc(Cl)c(Cl)c2)nc1-c1ccc(F)cc1. The first-order valence-corrected chi connectivity index (χ1v) is 8.37. The van der Waals surface area contributed by atoms with Crippen LogP contribution in [0, 0.1) is 12.7 Å². The molecule has 0 aliphatic carbocycles. The van der Waals surface area contributed by atoms with Crippen LogP contribution >= 0.6 is 34.5 Å². The van der Waals surface area contributed by atoms with Gasteiger partial charge in [-0.3, -0.25) is 10.1 Å². The summed E-state index contributed by atoms with van der Waals surface area (Å²) in [5.41, 5.74) is 1.75. The van der Waals surface area contributed by atoms with Crippen molar-refractivity contribution in [3.63, 3.8) is 0 Å². The van der Waals surface area contributed by atoms with Crippen molar-refractivity contribution in [1.29, 1.82) is 0 Å². The number of aromatic nitrogens is 2. The van der Waals surface area contributed by atoms with Gasteiger partial charge in [0.2, 0.25) is 0 Å². The molecule has 0 aliphatic heterocycles. The van der Waals surface area contributed by atoms with Crippen LogP contribution in [0.3, 0.4) is 0 Å². The molecule has 1 N–H and O–H groups in total. The lowest BCUT2D eigenvalue weighted by molar-refractivity contribution is 0.102. The summed E-state index contributed by atoms with van der Waals surface area (Å²) in [6.45, 7) is 1.88. The zero-order chi connectivity index (χ0) is 17.3. The van der Waals surface area contributed by atoms with E-state index in [1.165, 1.54) is 35.7 Å². The lowest BCUT2D eigenvalue weighted by Crippen LogP contribution is -2.12. The average molecular weight is 382 g/mol. The van der Waals surface area contributed by atoms with E-state index < -0.39 is 0 Å². The van der Waals surface area contributed by atoms with Crippen LogP contribution in [-0.4, -0.2) is 15.9 Å². The molecule has 0 spiro atoms. The Morgan fingerprint density at radius 3 is 2.62 bits per heavy atom. The molecule has 8 heteroatoms. The Morgan fingerprint density at radius 2 is 1.96 bits per heavy atom. The standard InChI is InChI=1S/C16H10Cl2FN3OS/c1-8-13(9-2-4-11(19)5-3-9)21-16(24-8)22-15(23)10-6-12(17)14(18)20-7-10/h2-7H,1H3,(H,21,22,23). The number of nitrogens with one attached hydrogen (secondary N) is 1. The van der Waals surface area contributed by atoms with E-state index in [0.29, 0.717) is 10.8 Å². The van der Waals surface area contributed by atoms with E-state index in [9.17, 15) is 9.18 Å². The molecule has 0 saturated heterocycles. The Balaban J connectivity index is 1.83. The highest BCUT2D eigenvalue weighted by molar-refractivity contribution is 7.16. The van der Waals surface area contributed by atoms with Crippen LogP contribution in [0.25, 0.3) is 11.3 Å². The molecule has 2 heterocycles. The fourth-order valence-electron chi connectivity index (χ4n) is 2.04. The number of hydrogen-bond donors (Lipinski definition) is 1. The summed E-state index contributed by atoms with van der Waals surface area (Å²) >= 11 is 12.9. The molecule has 0 aliphatic rings. The van der Waals surface area contributed by atoms with Gasteiger partial charge in [0.15, 0.2) is 5.13 Å². The fraction of sp³-hybridized carbons (Fsp3) is 0.0625. The molecule has 0 bridgehead atoms. The number of amides is 1. The van der Waals surface area contributed by atoms with Crippen LogP contribution in [0.15, 0.2) is 36.5 Å². The summed E-state index contributed by atoms with van der Waals surface area (Å²) in [6.07, 6.45) is 1.34. The summed E-state index contributed by atoms with van der Waals surface area (Å²) in [4.78, 5) is 21.4. The van der Waals surface area contributed by atoms with Gasteiger partial charge in [0.05, 0.1) is 16.3 Å². The second kappa shape index (κ2) is 6.84. The molecule has 2 aromatic heterocycles. The Hall–Kier alpha value is -2.02. The highest BCUT2D eigenvalue weighted by Crippen LogP contribution is 2.31. The summed E-state index contributed by atoms with van der Waals surface area (Å²) in [5.74, 6) is -0.701. The Bertz CT molecular complexity index is 912. The Kier molecular flexibility index (Phi) is 4.80. The molecule has 0 atom stereocenters. The van der Waals surface area contributed by atoms with Crippen molar-refractivity contribution in [2.75, 3.05) is 5.32 Å². The molecule has 24 heavy (non-hydrogen) atoms. The number of halogens is 3. The molecule has 0 fully saturated rings. The largest absolute Gasteiger partial charge is 0.298 e. The number of aryl methyl sites for hydroxylation is 1. The molecule has 4 nitrogen and oxygen atoms in total. The fourth-order valence-corrected chi connectivity index (χ4v) is 3.14. The molecule has 3 aromatic rings. The van der Waals surface area contributed by atoms with Gasteiger partial charge >= 0.3 is 0 Å². The monoisotopic (exact) mass is 381 g/mol. The second-order valence-electron chi connectivity index (χ2n) is 4.88. The smallest absolute Gasteiger partial charge is 0.259 e. The number of pyridine rings is 1. The molecule has 0 saturated carbocycles. The lowest BCUT2D eigenvalue weighted by Gasteiger charge is -2.02. The first-order valence-electron chi connectivity index (χ1n) is 6.80. The Morgan fingerprint density at radius 1 is 1.25 bits per heavy atom. The van der Waals surface area contributed by atoms with Crippen molar-refractivity contribution in [3.8, 4) is 11.3 Å². The highest BCUT2D eigenvalue weighted by Gasteiger charge is 2.14. The number of carbonyl (C=O) groups is 1. The number of rotatable bonds is 3. The summed E-state index contributed by atoms with van der Waals surface area (Å²) in [6, 6.07) is 7.47. The normalized spacial score (nSPS) is 10.7. The van der Waals surface area contributed by atoms with Crippen LogP contribution in [0.4, 0.5) is 9.52 Å². The quantitative estimate of drug-likeness (QED) is 0.633. The number of thiazole rings is 1. The number of benzene rings is 1. The molecule has 0 radical (unpaired) electrons. The number of hydrogen-bond acceptors (Lipinski definition) is 4. The van der Waals surface area contributed by atoms with Gasteiger partial charge in [-0.15, -0.1) is 11.3 Å². The van der Waals surface area contributed by atoms with Crippen molar-refractivity contribution in [2.24, 2.45) is 0 Å². The first kappa shape index (κ1) is 16.8. The van der Waals surface area contributed by atoms with E-state index >= 15 is 0 Å². The van der Waals surface area contributed by atoms with Gasteiger partial charge in [0.25, 0.3) is 5.91 Å². The minimum atomic E-state index is -0.388. The summed E-state index contributed by atoms with van der Waals surface area (Å²) in [7, 11) is 0. The van der Waals surface area contributed by atoms with Gasteiger partial charge in [0, 0.05) is 16.6 Å². The number of anilines is 1. The minimum absolute atomic E-state index is 0.136. The highest BCUT2D eigenvalue weighted by atomic mass is 35.5. The van der Waals surface area contributed by atoms with Crippen molar-refractivity contribution < 1.29 is 9.18 Å². The topological polar surface area (TPSA) is 54.9 Å². The van der Waals surface area contributed by atoms with E-state index in [1.54, 1.807) is 12.1 Å². The van der Waals surface area contributed by atoms with Gasteiger partial charge in [0.1, 0.15) is 11.0 Å². The van der Waals surface area contributed by atoms with Gasteiger partial charge in [-0.05, 0) is 37.3 Å². The van der Waals surface area contributed by atoms with Crippen LogP contribution < -0.4 is 5.32 Å². The van der Waals surface area contributed by atoms with Gasteiger partial charge in [-0.2, -0.15) is 0 Å². The third-order valence-electron chi connectivity index (χ3n) is 3.19. The van der Waals surface area contributed by atoms with Gasteiger partial charge in [-0.25, -0.2) is 14.4 Å². The van der Waals surface area contributed by atoms with E-state index in [1.807, 2.05) is 6.92 Å². The van der Waals surface area contributed by atoms with Gasteiger partial charge < -0.3 is 0 Å². The molecular formula is C16H10Cl2FN3OS. The molecule has 122 valence electrons. The van der Waals surface area contributed by atoms with Crippen LogP contribution in [-0.2, 0) is 0 Å². The minimum Gasteiger partial charge on any atom is -0.298 e.